The maximum atomic E-state index is 11.5. The number of rotatable bonds is 8. The molecule has 0 fully saturated rings. The lowest BCUT2D eigenvalue weighted by Crippen LogP contribution is -2.30. The van der Waals surface area contributed by atoms with Crippen molar-refractivity contribution < 1.29 is 23.7 Å². The fourth-order valence-corrected chi connectivity index (χ4v) is 1.95. The first-order valence-electron chi connectivity index (χ1n) is 7.01. The Bertz CT molecular complexity index is 463. The van der Waals surface area contributed by atoms with Crippen LogP contribution in [0.2, 0.25) is 0 Å². The minimum Gasteiger partial charge on any atom is -0.486 e. The van der Waals surface area contributed by atoms with Crippen molar-refractivity contribution in [3.05, 3.63) is 23.8 Å². The highest BCUT2D eigenvalue weighted by Crippen LogP contribution is 2.30. The molecular weight excluding hydrogens is 274 g/mol. The van der Waals surface area contributed by atoms with Gasteiger partial charge in [-0.25, -0.2) is 0 Å². The van der Waals surface area contributed by atoms with Crippen molar-refractivity contribution in [1.82, 2.24) is 5.32 Å². The highest BCUT2D eigenvalue weighted by Gasteiger charge is 2.11. The molecule has 6 heteroatoms. The molecule has 0 atom stereocenters. The number of ether oxygens (including phenoxy) is 4. The molecule has 1 aromatic carbocycles. The van der Waals surface area contributed by atoms with E-state index in [-0.39, 0.29) is 12.5 Å². The molecule has 0 spiro atoms. The lowest BCUT2D eigenvalue weighted by atomic mass is 10.1. The normalized spacial score (nSPS) is 13.0. The van der Waals surface area contributed by atoms with Gasteiger partial charge in [0.1, 0.15) is 19.8 Å². The second-order valence-electron chi connectivity index (χ2n) is 4.62. The van der Waals surface area contributed by atoms with E-state index in [1.165, 1.54) is 0 Å². The Morgan fingerprint density at radius 3 is 2.86 bits per heavy atom. The molecule has 1 aliphatic heterocycles. The molecule has 1 N–H and O–H groups in total. The van der Waals surface area contributed by atoms with Gasteiger partial charge in [0.2, 0.25) is 5.91 Å². The van der Waals surface area contributed by atoms with Crippen LogP contribution in [0.3, 0.4) is 0 Å². The Balaban J connectivity index is 1.67. The summed E-state index contributed by atoms with van der Waals surface area (Å²) in [7, 11) is 1.59. The molecule has 0 saturated heterocycles. The van der Waals surface area contributed by atoms with Crippen molar-refractivity contribution in [3.63, 3.8) is 0 Å². The van der Waals surface area contributed by atoms with Gasteiger partial charge in [-0.15, -0.1) is 0 Å². The Hall–Kier alpha value is -1.79. The number of hydrogen-bond acceptors (Lipinski definition) is 5. The summed E-state index contributed by atoms with van der Waals surface area (Å²) in [5.74, 6) is 1.43. The summed E-state index contributed by atoms with van der Waals surface area (Å²) in [6, 6.07) is 5.84. The first-order valence-corrected chi connectivity index (χ1v) is 7.01. The van der Waals surface area contributed by atoms with Crippen LogP contribution in [0.5, 0.6) is 11.5 Å². The van der Waals surface area contributed by atoms with Crippen molar-refractivity contribution in [2.45, 2.75) is 6.42 Å². The largest absolute Gasteiger partial charge is 0.486 e. The number of fused-ring (bicyclic) bond motifs is 1. The summed E-state index contributed by atoms with van der Waals surface area (Å²) >= 11 is 0. The highest BCUT2D eigenvalue weighted by atomic mass is 16.6. The number of carbonyl (C=O) groups excluding carboxylic acids is 1. The molecule has 0 unspecified atom stereocenters. The molecule has 0 aromatic heterocycles. The zero-order chi connectivity index (χ0) is 14.9. The first kappa shape index (κ1) is 15.6. The average Bonchev–Trinajstić information content (AvgIpc) is 2.51. The van der Waals surface area contributed by atoms with Gasteiger partial charge in [-0.2, -0.15) is 0 Å². The second kappa shape index (κ2) is 8.49. The Kier molecular flexibility index (Phi) is 6.30. The van der Waals surface area contributed by atoms with Crippen LogP contribution in [0.1, 0.15) is 5.56 Å². The number of amides is 1. The van der Waals surface area contributed by atoms with Crippen molar-refractivity contribution in [1.29, 1.82) is 0 Å². The first-order chi connectivity index (χ1) is 10.3. The number of nitrogens with one attached hydrogen (secondary N) is 1. The van der Waals surface area contributed by atoms with Gasteiger partial charge < -0.3 is 24.3 Å². The Labute approximate surface area is 124 Å². The Morgan fingerprint density at radius 1 is 1.24 bits per heavy atom. The van der Waals surface area contributed by atoms with Gasteiger partial charge in [-0.3, -0.25) is 4.79 Å². The lowest BCUT2D eigenvalue weighted by Gasteiger charge is -2.18. The van der Waals surface area contributed by atoms with Crippen molar-refractivity contribution in [2.24, 2.45) is 0 Å². The van der Waals surface area contributed by atoms with E-state index in [0.717, 1.165) is 23.5 Å². The van der Waals surface area contributed by atoms with Crippen LogP contribution in [0.15, 0.2) is 18.2 Å². The van der Waals surface area contributed by atoms with E-state index in [4.69, 9.17) is 18.9 Å². The predicted molar refractivity (Wildman–Crippen MR) is 76.8 cm³/mol. The molecule has 0 aliphatic carbocycles. The standard InChI is InChI=1S/C15H21NO5/c1-18-6-7-19-11-15(17)16-5-4-12-2-3-13-14(10-12)21-9-8-20-13/h2-3,10H,4-9,11H2,1H3,(H,16,17). The van der Waals surface area contributed by atoms with Crippen molar-refractivity contribution in [2.75, 3.05) is 46.7 Å². The summed E-state index contributed by atoms with van der Waals surface area (Å²) in [6.07, 6.45) is 0.737. The molecule has 1 heterocycles. The maximum Gasteiger partial charge on any atom is 0.246 e. The number of hydrogen-bond donors (Lipinski definition) is 1. The van der Waals surface area contributed by atoms with Crippen LogP contribution >= 0.6 is 0 Å². The van der Waals surface area contributed by atoms with E-state index in [1.54, 1.807) is 7.11 Å². The van der Waals surface area contributed by atoms with Crippen LogP contribution in [0.4, 0.5) is 0 Å². The predicted octanol–water partition coefficient (Wildman–Crippen LogP) is 0.780. The van der Waals surface area contributed by atoms with Crippen LogP contribution in [0, 0.1) is 0 Å². The average molecular weight is 295 g/mol. The highest BCUT2D eigenvalue weighted by molar-refractivity contribution is 5.77. The smallest absolute Gasteiger partial charge is 0.246 e. The van der Waals surface area contributed by atoms with Crippen molar-refractivity contribution in [3.8, 4) is 11.5 Å². The molecule has 1 aromatic rings. The van der Waals surface area contributed by atoms with Crippen LogP contribution in [-0.4, -0.2) is 52.6 Å². The van der Waals surface area contributed by atoms with Crippen LogP contribution in [0.25, 0.3) is 0 Å². The molecular formula is C15H21NO5. The fraction of sp³-hybridized carbons (Fsp3) is 0.533. The second-order valence-corrected chi connectivity index (χ2v) is 4.62. The van der Waals surface area contributed by atoms with Crippen molar-refractivity contribution >= 4 is 5.91 Å². The van der Waals surface area contributed by atoms with E-state index < -0.39 is 0 Å². The van der Waals surface area contributed by atoms with Gasteiger partial charge in [0.25, 0.3) is 0 Å². The summed E-state index contributed by atoms with van der Waals surface area (Å²) in [6.45, 7) is 2.70. The number of carbonyl (C=O) groups is 1. The lowest BCUT2D eigenvalue weighted by molar-refractivity contribution is -0.126. The third kappa shape index (κ3) is 5.24. The van der Waals surface area contributed by atoms with E-state index in [1.807, 2.05) is 18.2 Å². The fourth-order valence-electron chi connectivity index (χ4n) is 1.95. The maximum absolute atomic E-state index is 11.5. The van der Waals surface area contributed by atoms with Gasteiger partial charge in [-0.1, -0.05) is 6.07 Å². The molecule has 6 nitrogen and oxygen atoms in total. The molecule has 0 radical (unpaired) electrons. The summed E-state index contributed by atoms with van der Waals surface area (Å²) in [5.41, 5.74) is 1.10. The number of methoxy groups -OCH3 is 1. The molecule has 1 amide bonds. The minimum atomic E-state index is -0.122. The van der Waals surface area contributed by atoms with Crippen LogP contribution < -0.4 is 14.8 Å². The zero-order valence-electron chi connectivity index (χ0n) is 12.2. The van der Waals surface area contributed by atoms with Gasteiger partial charge >= 0.3 is 0 Å². The quantitative estimate of drug-likeness (QED) is 0.718. The summed E-state index contributed by atoms with van der Waals surface area (Å²) in [4.78, 5) is 11.5. The van der Waals surface area contributed by atoms with Gasteiger partial charge in [0.05, 0.1) is 13.2 Å². The van der Waals surface area contributed by atoms with Gasteiger partial charge in [0.15, 0.2) is 11.5 Å². The minimum absolute atomic E-state index is 0.0600. The molecule has 0 bridgehead atoms. The molecule has 1 aliphatic rings. The third-order valence-electron chi connectivity index (χ3n) is 3.01. The summed E-state index contributed by atoms with van der Waals surface area (Å²) < 4.78 is 21.0. The SMILES string of the molecule is COCCOCC(=O)NCCc1ccc2c(c1)OCCO2. The topological polar surface area (TPSA) is 66.0 Å². The monoisotopic (exact) mass is 295 g/mol. The van der Waals surface area contributed by atoms with Gasteiger partial charge in [-0.05, 0) is 24.1 Å². The summed E-state index contributed by atoms with van der Waals surface area (Å²) in [5, 5.41) is 2.81. The Morgan fingerprint density at radius 2 is 2.05 bits per heavy atom. The van der Waals surface area contributed by atoms with E-state index >= 15 is 0 Å². The van der Waals surface area contributed by atoms with E-state index in [2.05, 4.69) is 5.32 Å². The molecule has 0 saturated carbocycles. The molecule has 21 heavy (non-hydrogen) atoms. The molecule has 116 valence electrons. The number of benzene rings is 1. The van der Waals surface area contributed by atoms with E-state index in [9.17, 15) is 4.79 Å². The zero-order valence-corrected chi connectivity index (χ0v) is 12.2. The van der Waals surface area contributed by atoms with Gasteiger partial charge in [0, 0.05) is 13.7 Å². The molecule has 2 rings (SSSR count). The third-order valence-corrected chi connectivity index (χ3v) is 3.01. The van der Waals surface area contributed by atoms with E-state index in [0.29, 0.717) is 33.0 Å². The van der Waals surface area contributed by atoms with Crippen LogP contribution in [-0.2, 0) is 20.7 Å².